The first kappa shape index (κ1) is 11.2. The fraction of sp³-hybridized carbons (Fsp3) is 0.0714. The molecule has 3 aromatic rings. The van der Waals surface area contributed by atoms with E-state index in [1.807, 2.05) is 24.3 Å². The molecule has 1 heterocycles. The minimum absolute atomic E-state index is 0.221. The number of benzene rings is 2. The van der Waals surface area contributed by atoms with Crippen molar-refractivity contribution in [3.05, 3.63) is 42.5 Å². The zero-order chi connectivity index (χ0) is 12.7. The van der Waals surface area contributed by atoms with E-state index < -0.39 is 10.8 Å². The molecule has 0 amide bonds. The Hall–Kier alpha value is -1.94. The van der Waals surface area contributed by atoms with E-state index in [2.05, 4.69) is 4.98 Å². The van der Waals surface area contributed by atoms with Crippen LogP contribution in [0.1, 0.15) is 0 Å². The minimum atomic E-state index is -1.06. The molecule has 90 valence electrons. The molecule has 0 saturated carbocycles. The number of hydrogen-bond acceptors (Lipinski definition) is 3. The van der Waals surface area contributed by atoms with E-state index in [9.17, 15) is 9.32 Å². The summed E-state index contributed by atoms with van der Waals surface area (Å²) in [5.41, 5.74) is 1.55. The maximum absolute atomic E-state index is 11.7. The van der Waals surface area contributed by atoms with Crippen molar-refractivity contribution >= 4 is 32.6 Å². The zero-order valence-electron chi connectivity index (χ0n) is 9.75. The van der Waals surface area contributed by atoms with Gasteiger partial charge in [-0.05, 0) is 30.3 Å². The van der Waals surface area contributed by atoms with Gasteiger partial charge < -0.3 is 5.11 Å². The van der Waals surface area contributed by atoms with Crippen LogP contribution in [-0.2, 0) is 10.8 Å². The topological polar surface area (TPSA) is 50.2 Å². The van der Waals surface area contributed by atoms with Crippen LogP contribution in [-0.4, -0.2) is 20.6 Å². The highest BCUT2D eigenvalue weighted by Crippen LogP contribution is 2.26. The number of phenolic OH excluding ortho intramolecular Hbond substituents is 1. The van der Waals surface area contributed by atoms with Crippen molar-refractivity contribution in [3.63, 3.8) is 0 Å². The summed E-state index contributed by atoms with van der Waals surface area (Å²) in [6, 6.07) is 12.6. The fourth-order valence-electron chi connectivity index (χ4n) is 2.05. The van der Waals surface area contributed by atoms with Crippen molar-refractivity contribution in [2.75, 3.05) is 6.26 Å². The number of aromatic nitrogens is 1. The molecule has 1 atom stereocenters. The average molecular weight is 257 g/mol. The van der Waals surface area contributed by atoms with E-state index in [0.717, 1.165) is 26.7 Å². The van der Waals surface area contributed by atoms with Crippen LogP contribution < -0.4 is 0 Å². The molecule has 4 heteroatoms. The summed E-state index contributed by atoms with van der Waals surface area (Å²) in [5.74, 6) is 0.221. The van der Waals surface area contributed by atoms with E-state index in [1.54, 1.807) is 24.5 Å². The summed E-state index contributed by atoms with van der Waals surface area (Å²) in [5, 5.41) is 11.3. The van der Waals surface area contributed by atoms with Gasteiger partial charge in [0.25, 0.3) is 0 Å². The van der Waals surface area contributed by atoms with Crippen molar-refractivity contribution in [2.45, 2.75) is 4.90 Å². The maximum Gasteiger partial charge on any atom is 0.116 e. The summed E-state index contributed by atoms with van der Waals surface area (Å²) in [7, 11) is -1.06. The number of para-hydroxylation sites is 1. The number of phenols is 1. The van der Waals surface area contributed by atoms with E-state index >= 15 is 0 Å². The first-order valence-electron chi connectivity index (χ1n) is 5.51. The highest BCUT2D eigenvalue weighted by atomic mass is 32.2. The van der Waals surface area contributed by atoms with Crippen molar-refractivity contribution in [1.82, 2.24) is 4.98 Å². The zero-order valence-corrected chi connectivity index (χ0v) is 10.6. The lowest BCUT2D eigenvalue weighted by Crippen LogP contribution is -1.92. The lowest BCUT2D eigenvalue weighted by molar-refractivity contribution is 0.476. The van der Waals surface area contributed by atoms with Crippen LogP contribution in [0.25, 0.3) is 21.8 Å². The molecule has 0 aliphatic heterocycles. The van der Waals surface area contributed by atoms with Gasteiger partial charge in [0, 0.05) is 17.0 Å². The molecular formula is C14H11NO2S. The van der Waals surface area contributed by atoms with Gasteiger partial charge >= 0.3 is 0 Å². The highest BCUT2D eigenvalue weighted by molar-refractivity contribution is 7.84. The maximum atomic E-state index is 11.7. The van der Waals surface area contributed by atoms with Crippen molar-refractivity contribution in [3.8, 4) is 5.75 Å². The second-order valence-corrected chi connectivity index (χ2v) is 5.50. The van der Waals surface area contributed by atoms with Crippen LogP contribution in [0.5, 0.6) is 5.75 Å². The molecule has 1 N–H and O–H groups in total. The number of pyridine rings is 1. The molecule has 1 aromatic heterocycles. The molecule has 0 aliphatic carbocycles. The van der Waals surface area contributed by atoms with Crippen LogP contribution in [0.3, 0.4) is 0 Å². The second-order valence-electron chi connectivity index (χ2n) is 4.15. The van der Waals surface area contributed by atoms with Gasteiger partial charge in [0.1, 0.15) is 5.75 Å². The van der Waals surface area contributed by atoms with Crippen LogP contribution in [0.2, 0.25) is 0 Å². The minimum Gasteiger partial charge on any atom is -0.508 e. The Kier molecular flexibility index (Phi) is 2.52. The second kappa shape index (κ2) is 4.07. The van der Waals surface area contributed by atoms with E-state index in [4.69, 9.17) is 0 Å². The Morgan fingerprint density at radius 3 is 2.72 bits per heavy atom. The molecule has 0 fully saturated rings. The largest absolute Gasteiger partial charge is 0.508 e. The molecule has 3 nitrogen and oxygen atoms in total. The Morgan fingerprint density at radius 1 is 1.11 bits per heavy atom. The first-order chi connectivity index (χ1) is 8.65. The summed E-state index contributed by atoms with van der Waals surface area (Å²) in [6.07, 6.45) is 1.65. The molecular weight excluding hydrogens is 246 g/mol. The Morgan fingerprint density at radius 2 is 1.94 bits per heavy atom. The van der Waals surface area contributed by atoms with Gasteiger partial charge in [-0.15, -0.1) is 0 Å². The smallest absolute Gasteiger partial charge is 0.116 e. The number of rotatable bonds is 1. The fourth-order valence-corrected chi connectivity index (χ4v) is 2.76. The predicted molar refractivity (Wildman–Crippen MR) is 73.2 cm³/mol. The molecule has 0 bridgehead atoms. The third kappa shape index (κ3) is 1.75. The van der Waals surface area contributed by atoms with Crippen LogP contribution in [0, 0.1) is 0 Å². The molecule has 1 unspecified atom stereocenters. The van der Waals surface area contributed by atoms with E-state index in [1.165, 1.54) is 0 Å². The monoisotopic (exact) mass is 257 g/mol. The quantitative estimate of drug-likeness (QED) is 0.682. The van der Waals surface area contributed by atoms with E-state index in [-0.39, 0.29) is 5.75 Å². The molecule has 0 aliphatic rings. The van der Waals surface area contributed by atoms with Crippen LogP contribution >= 0.6 is 0 Å². The normalized spacial score (nSPS) is 12.9. The first-order valence-corrected chi connectivity index (χ1v) is 7.07. The molecule has 2 aromatic carbocycles. The van der Waals surface area contributed by atoms with Gasteiger partial charge in [0.2, 0.25) is 0 Å². The molecule has 3 rings (SSSR count). The predicted octanol–water partition coefficient (Wildman–Crippen LogP) is 2.83. The summed E-state index contributed by atoms with van der Waals surface area (Å²) in [4.78, 5) is 5.27. The Labute approximate surface area is 107 Å². The summed E-state index contributed by atoms with van der Waals surface area (Å²) in [6.45, 7) is 0. The third-order valence-electron chi connectivity index (χ3n) is 2.89. The number of hydrogen-bond donors (Lipinski definition) is 1. The Balaban J connectivity index is 2.44. The van der Waals surface area contributed by atoms with Crippen LogP contribution in [0.15, 0.2) is 47.4 Å². The molecule has 0 radical (unpaired) electrons. The lowest BCUT2D eigenvalue weighted by Gasteiger charge is -2.05. The molecule has 0 saturated heterocycles. The van der Waals surface area contributed by atoms with Gasteiger partial charge in [-0.1, -0.05) is 12.1 Å². The van der Waals surface area contributed by atoms with Gasteiger partial charge in [-0.25, -0.2) is 4.98 Å². The molecule has 0 spiro atoms. The summed E-state index contributed by atoms with van der Waals surface area (Å²) >= 11 is 0. The lowest BCUT2D eigenvalue weighted by atomic mass is 10.1. The van der Waals surface area contributed by atoms with E-state index in [0.29, 0.717) is 0 Å². The number of nitrogens with zero attached hydrogens (tertiary/aromatic N) is 1. The van der Waals surface area contributed by atoms with Crippen molar-refractivity contribution in [1.29, 1.82) is 0 Å². The summed E-state index contributed by atoms with van der Waals surface area (Å²) < 4.78 is 11.7. The number of aromatic hydroxyl groups is 1. The molecule has 18 heavy (non-hydrogen) atoms. The average Bonchev–Trinajstić information content (AvgIpc) is 2.35. The Bertz CT molecular complexity index is 783. The third-order valence-corrected chi connectivity index (χ3v) is 3.84. The number of fused-ring (bicyclic) bond motifs is 2. The highest BCUT2D eigenvalue weighted by Gasteiger charge is 2.07. The van der Waals surface area contributed by atoms with Gasteiger partial charge in [-0.2, -0.15) is 0 Å². The van der Waals surface area contributed by atoms with Gasteiger partial charge in [-0.3, -0.25) is 4.21 Å². The van der Waals surface area contributed by atoms with Gasteiger partial charge in [0.05, 0.1) is 26.7 Å². The van der Waals surface area contributed by atoms with Crippen molar-refractivity contribution < 1.29 is 9.32 Å². The standard InChI is InChI=1S/C14H11NO2S/c1-18(17)13-4-2-3-9-7-10-8-11(16)5-6-12(10)15-14(9)13/h2-8,16H,1H3. The SMILES string of the molecule is CS(=O)c1cccc2cc3cc(O)ccc3nc12. The van der Waals surface area contributed by atoms with Gasteiger partial charge in [0.15, 0.2) is 0 Å². The van der Waals surface area contributed by atoms with Crippen molar-refractivity contribution in [2.24, 2.45) is 0 Å². The van der Waals surface area contributed by atoms with Crippen LogP contribution in [0.4, 0.5) is 0 Å².